The van der Waals surface area contributed by atoms with Gasteiger partial charge in [-0.25, -0.2) is 9.50 Å². The van der Waals surface area contributed by atoms with E-state index in [0.29, 0.717) is 0 Å². The van der Waals surface area contributed by atoms with Gasteiger partial charge in [0.15, 0.2) is 5.65 Å². The van der Waals surface area contributed by atoms with Gasteiger partial charge in [-0.05, 0) is 30.0 Å². The van der Waals surface area contributed by atoms with Crippen LogP contribution in [0.25, 0.3) is 5.65 Å². The zero-order valence-electron chi connectivity index (χ0n) is 9.07. The summed E-state index contributed by atoms with van der Waals surface area (Å²) in [4.78, 5) is 4.21. The van der Waals surface area contributed by atoms with Crippen molar-refractivity contribution < 1.29 is 0 Å². The molecule has 0 spiro atoms. The third kappa shape index (κ3) is 1.39. The summed E-state index contributed by atoms with van der Waals surface area (Å²) in [6.07, 6.45) is 1.59. The van der Waals surface area contributed by atoms with E-state index in [0.717, 1.165) is 11.3 Å². The summed E-state index contributed by atoms with van der Waals surface area (Å²) in [7, 11) is 0. The highest BCUT2D eigenvalue weighted by atomic mass is 15.3. The van der Waals surface area contributed by atoms with Gasteiger partial charge < -0.3 is 0 Å². The Morgan fingerprint density at radius 2 is 1.93 bits per heavy atom. The average Bonchev–Trinajstić information content (AvgIpc) is 2.50. The SMILES string of the molecule is Cc1cc(C(C)(C)C)cc2ncnn12. The first-order valence-electron chi connectivity index (χ1n) is 4.79. The van der Waals surface area contributed by atoms with Gasteiger partial charge in [-0.15, -0.1) is 0 Å². The van der Waals surface area contributed by atoms with Crippen molar-refractivity contribution in [2.75, 3.05) is 0 Å². The van der Waals surface area contributed by atoms with Crippen molar-refractivity contribution in [1.29, 1.82) is 0 Å². The zero-order valence-corrected chi connectivity index (χ0v) is 9.07. The fraction of sp³-hybridized carbons (Fsp3) is 0.455. The third-order valence-corrected chi connectivity index (χ3v) is 2.42. The molecule has 0 unspecified atom stereocenters. The van der Waals surface area contributed by atoms with E-state index in [4.69, 9.17) is 0 Å². The van der Waals surface area contributed by atoms with Crippen molar-refractivity contribution >= 4 is 5.65 Å². The summed E-state index contributed by atoms with van der Waals surface area (Å²) < 4.78 is 1.86. The molecule has 2 rings (SSSR count). The first kappa shape index (κ1) is 9.19. The summed E-state index contributed by atoms with van der Waals surface area (Å²) in [6, 6.07) is 4.27. The van der Waals surface area contributed by atoms with Crippen molar-refractivity contribution in [3.63, 3.8) is 0 Å². The Kier molecular flexibility index (Phi) is 1.84. The molecule has 0 aliphatic rings. The lowest BCUT2D eigenvalue weighted by atomic mass is 9.87. The lowest BCUT2D eigenvalue weighted by Gasteiger charge is -2.19. The number of hydrogen-bond donors (Lipinski definition) is 0. The third-order valence-electron chi connectivity index (χ3n) is 2.42. The van der Waals surface area contributed by atoms with E-state index < -0.39 is 0 Å². The maximum Gasteiger partial charge on any atom is 0.155 e. The Balaban J connectivity index is 2.70. The van der Waals surface area contributed by atoms with Crippen molar-refractivity contribution in [3.05, 3.63) is 29.7 Å². The normalized spacial score (nSPS) is 12.3. The number of nitrogens with zero attached hydrogens (tertiary/aromatic N) is 3. The molecular formula is C11H15N3. The molecule has 0 aromatic carbocycles. The highest BCUT2D eigenvalue weighted by molar-refractivity contribution is 5.44. The van der Waals surface area contributed by atoms with Gasteiger partial charge in [-0.3, -0.25) is 0 Å². The second-order valence-corrected chi connectivity index (χ2v) is 4.67. The van der Waals surface area contributed by atoms with Crippen LogP contribution in [0, 0.1) is 6.92 Å². The maximum atomic E-state index is 4.21. The molecule has 3 nitrogen and oxygen atoms in total. The molecular weight excluding hydrogens is 174 g/mol. The van der Waals surface area contributed by atoms with Gasteiger partial charge in [0.25, 0.3) is 0 Å². The molecule has 0 saturated carbocycles. The minimum Gasteiger partial charge on any atom is -0.218 e. The molecule has 14 heavy (non-hydrogen) atoms. The Labute approximate surface area is 83.8 Å². The second kappa shape index (κ2) is 2.80. The van der Waals surface area contributed by atoms with E-state index >= 15 is 0 Å². The molecule has 2 aromatic heterocycles. The van der Waals surface area contributed by atoms with Gasteiger partial charge in [0.05, 0.1) is 0 Å². The molecule has 74 valence electrons. The van der Waals surface area contributed by atoms with Gasteiger partial charge in [-0.2, -0.15) is 5.10 Å². The topological polar surface area (TPSA) is 30.2 Å². The van der Waals surface area contributed by atoms with Crippen LogP contribution in [0.5, 0.6) is 0 Å². The largest absolute Gasteiger partial charge is 0.218 e. The Hall–Kier alpha value is -1.38. The monoisotopic (exact) mass is 189 g/mol. The van der Waals surface area contributed by atoms with E-state index in [-0.39, 0.29) is 5.41 Å². The average molecular weight is 189 g/mol. The molecule has 0 fully saturated rings. The fourth-order valence-corrected chi connectivity index (χ4v) is 1.52. The molecule has 2 heterocycles. The Morgan fingerprint density at radius 3 is 2.57 bits per heavy atom. The lowest BCUT2D eigenvalue weighted by Crippen LogP contribution is -2.12. The van der Waals surface area contributed by atoms with Crippen molar-refractivity contribution in [1.82, 2.24) is 14.6 Å². The predicted octanol–water partition coefficient (Wildman–Crippen LogP) is 2.34. The first-order chi connectivity index (χ1) is 6.48. The second-order valence-electron chi connectivity index (χ2n) is 4.67. The van der Waals surface area contributed by atoms with Gasteiger partial charge >= 0.3 is 0 Å². The Bertz CT molecular complexity index is 463. The van der Waals surface area contributed by atoms with Crippen molar-refractivity contribution in [2.45, 2.75) is 33.1 Å². The predicted molar refractivity (Wildman–Crippen MR) is 56.4 cm³/mol. The van der Waals surface area contributed by atoms with Gasteiger partial charge in [0, 0.05) is 5.69 Å². The van der Waals surface area contributed by atoms with Crippen LogP contribution in [0.1, 0.15) is 32.0 Å². The van der Waals surface area contributed by atoms with E-state index in [1.807, 2.05) is 4.52 Å². The molecule has 0 aliphatic carbocycles. The summed E-state index contributed by atoms with van der Waals surface area (Å²) in [5, 5.41) is 4.15. The van der Waals surface area contributed by atoms with E-state index in [1.54, 1.807) is 6.33 Å². The van der Waals surface area contributed by atoms with Crippen LogP contribution in [-0.2, 0) is 5.41 Å². The number of pyridine rings is 1. The molecule has 0 amide bonds. The smallest absolute Gasteiger partial charge is 0.155 e. The zero-order chi connectivity index (χ0) is 10.3. The summed E-state index contributed by atoms with van der Waals surface area (Å²) in [5.41, 5.74) is 3.52. The fourth-order valence-electron chi connectivity index (χ4n) is 1.52. The van der Waals surface area contributed by atoms with E-state index in [9.17, 15) is 0 Å². The van der Waals surface area contributed by atoms with E-state index in [1.165, 1.54) is 5.56 Å². The standard InChI is InChI=1S/C11H15N3/c1-8-5-9(11(2,3)4)6-10-12-7-13-14(8)10/h5-7H,1-4H3. The van der Waals surface area contributed by atoms with Crippen LogP contribution in [0.15, 0.2) is 18.5 Å². The molecule has 0 aliphatic heterocycles. The highest BCUT2D eigenvalue weighted by Gasteiger charge is 2.15. The minimum absolute atomic E-state index is 0.165. The maximum absolute atomic E-state index is 4.21. The quantitative estimate of drug-likeness (QED) is 0.636. The van der Waals surface area contributed by atoms with Crippen LogP contribution in [0.4, 0.5) is 0 Å². The summed E-state index contributed by atoms with van der Waals surface area (Å²) in [5.74, 6) is 0. The molecule has 0 N–H and O–H groups in total. The van der Waals surface area contributed by atoms with Gasteiger partial charge in [0.1, 0.15) is 6.33 Å². The number of hydrogen-bond acceptors (Lipinski definition) is 2. The summed E-state index contributed by atoms with van der Waals surface area (Å²) >= 11 is 0. The van der Waals surface area contributed by atoms with Crippen LogP contribution >= 0.6 is 0 Å². The van der Waals surface area contributed by atoms with Gasteiger partial charge in [0.2, 0.25) is 0 Å². The lowest BCUT2D eigenvalue weighted by molar-refractivity contribution is 0.588. The van der Waals surface area contributed by atoms with Gasteiger partial charge in [-0.1, -0.05) is 20.8 Å². The molecule has 0 saturated heterocycles. The molecule has 0 bridgehead atoms. The first-order valence-corrected chi connectivity index (χ1v) is 4.79. The Morgan fingerprint density at radius 1 is 1.21 bits per heavy atom. The minimum atomic E-state index is 0.165. The number of fused-ring (bicyclic) bond motifs is 1. The number of aryl methyl sites for hydroxylation is 1. The molecule has 2 aromatic rings. The van der Waals surface area contributed by atoms with Crippen LogP contribution < -0.4 is 0 Å². The van der Waals surface area contributed by atoms with Crippen LogP contribution in [0.3, 0.4) is 0 Å². The van der Waals surface area contributed by atoms with Crippen molar-refractivity contribution in [2.24, 2.45) is 0 Å². The molecule has 0 radical (unpaired) electrons. The number of aromatic nitrogens is 3. The van der Waals surface area contributed by atoms with E-state index in [2.05, 4.69) is 49.9 Å². The highest BCUT2D eigenvalue weighted by Crippen LogP contribution is 2.23. The van der Waals surface area contributed by atoms with Crippen LogP contribution in [-0.4, -0.2) is 14.6 Å². The van der Waals surface area contributed by atoms with Crippen LogP contribution in [0.2, 0.25) is 0 Å². The summed E-state index contributed by atoms with van der Waals surface area (Å²) in [6.45, 7) is 8.66. The van der Waals surface area contributed by atoms with Crippen molar-refractivity contribution in [3.8, 4) is 0 Å². The number of rotatable bonds is 0. The molecule has 0 atom stereocenters. The molecule has 3 heteroatoms.